The Labute approximate surface area is 157 Å². The fraction of sp³-hybridized carbons (Fsp3) is 0.700. The second-order valence-electron chi connectivity index (χ2n) is 8.68. The van der Waals surface area contributed by atoms with Gasteiger partial charge in [-0.1, -0.05) is 13.8 Å². The van der Waals surface area contributed by atoms with Crippen LogP contribution >= 0.6 is 11.8 Å². The van der Waals surface area contributed by atoms with Crippen LogP contribution in [0.3, 0.4) is 0 Å². The zero-order valence-electron chi connectivity index (χ0n) is 16.0. The van der Waals surface area contributed by atoms with Crippen molar-refractivity contribution < 1.29 is 22.6 Å². The summed E-state index contributed by atoms with van der Waals surface area (Å²) >= 11 is 1.60. The summed E-state index contributed by atoms with van der Waals surface area (Å²) in [7, 11) is 0. The average molecular weight is 388 g/mol. The number of ether oxygens (including phenoxy) is 2. The number of hydrogen-bond acceptors (Lipinski definition) is 3. The largest absolute Gasteiger partial charge is 0.493 e. The lowest BCUT2D eigenvalue weighted by atomic mass is 9.73. The molecule has 0 spiro atoms. The molecule has 0 bridgehead atoms. The predicted molar refractivity (Wildman–Crippen MR) is 98.2 cm³/mol. The Bertz CT molecular complexity index is 697. The molecule has 0 radical (unpaired) electrons. The minimum Gasteiger partial charge on any atom is -0.493 e. The van der Waals surface area contributed by atoms with Gasteiger partial charge in [-0.25, -0.2) is 0 Å². The van der Waals surface area contributed by atoms with Crippen LogP contribution in [0.4, 0.5) is 13.2 Å². The van der Waals surface area contributed by atoms with Gasteiger partial charge in [0.05, 0.1) is 12.2 Å². The van der Waals surface area contributed by atoms with E-state index >= 15 is 0 Å². The summed E-state index contributed by atoms with van der Waals surface area (Å²) in [6.07, 6.45) is -1.32. The van der Waals surface area contributed by atoms with Gasteiger partial charge >= 0.3 is 6.18 Å². The molecule has 1 aromatic rings. The molecule has 3 rings (SSSR count). The Morgan fingerprint density at radius 2 is 1.85 bits per heavy atom. The fourth-order valence-corrected chi connectivity index (χ4v) is 4.76. The number of thioether (sulfide) groups is 1. The highest BCUT2D eigenvalue weighted by Gasteiger charge is 2.63. The highest BCUT2D eigenvalue weighted by molar-refractivity contribution is 7.98. The molecule has 2 aliphatic rings. The zero-order chi connectivity index (χ0) is 19.4. The van der Waals surface area contributed by atoms with E-state index in [1.54, 1.807) is 25.6 Å². The Kier molecular flexibility index (Phi) is 4.84. The van der Waals surface area contributed by atoms with Crippen LogP contribution in [-0.2, 0) is 16.6 Å². The van der Waals surface area contributed by atoms with Gasteiger partial charge in [0, 0.05) is 16.9 Å². The van der Waals surface area contributed by atoms with Crippen molar-refractivity contribution in [2.75, 3.05) is 12.9 Å². The zero-order valence-corrected chi connectivity index (χ0v) is 16.9. The number of rotatable bonds is 4. The van der Waals surface area contributed by atoms with Crippen LogP contribution in [-0.4, -0.2) is 30.2 Å². The molecule has 146 valence electrons. The molecular formula is C20H27F3O2S. The van der Waals surface area contributed by atoms with Crippen molar-refractivity contribution in [2.24, 2.45) is 0 Å². The third-order valence-electron chi connectivity index (χ3n) is 5.57. The van der Waals surface area contributed by atoms with E-state index in [4.69, 9.17) is 9.47 Å². The number of fused-ring (bicyclic) bond motifs is 1. The molecule has 1 fully saturated rings. The maximum atomic E-state index is 14.1. The standard InChI is InChI=1S/C20H27F3O2S/c1-17(2,12-19(20(21,22)23)8-7-18(3,4)25-19)15-11-14(26-5)10-13-6-9-24-16(13)15/h10-11H,6-9,12H2,1-5H3. The summed E-state index contributed by atoms with van der Waals surface area (Å²) in [5, 5.41) is 0. The first-order valence-corrected chi connectivity index (χ1v) is 10.2. The lowest BCUT2D eigenvalue weighted by Gasteiger charge is -2.40. The maximum absolute atomic E-state index is 14.1. The maximum Gasteiger partial charge on any atom is 0.417 e. The van der Waals surface area contributed by atoms with E-state index < -0.39 is 22.8 Å². The lowest BCUT2D eigenvalue weighted by Crippen LogP contribution is -2.50. The monoisotopic (exact) mass is 388 g/mol. The summed E-state index contributed by atoms with van der Waals surface area (Å²) in [5.41, 5.74) is -1.65. The first-order valence-electron chi connectivity index (χ1n) is 9.00. The second-order valence-corrected chi connectivity index (χ2v) is 9.56. The summed E-state index contributed by atoms with van der Waals surface area (Å²) in [4.78, 5) is 1.06. The van der Waals surface area contributed by atoms with E-state index in [9.17, 15) is 13.2 Å². The highest BCUT2D eigenvalue weighted by Crippen LogP contribution is 2.54. The van der Waals surface area contributed by atoms with Gasteiger partial charge in [0.15, 0.2) is 5.60 Å². The molecule has 1 unspecified atom stereocenters. The lowest BCUT2D eigenvalue weighted by molar-refractivity contribution is -0.287. The Hall–Kier alpha value is -0.880. The minimum absolute atomic E-state index is 0.00179. The molecule has 0 aliphatic carbocycles. The average Bonchev–Trinajstić information content (AvgIpc) is 3.09. The van der Waals surface area contributed by atoms with Crippen molar-refractivity contribution in [2.45, 2.75) is 81.1 Å². The summed E-state index contributed by atoms with van der Waals surface area (Å²) < 4.78 is 53.7. The number of halogens is 3. The molecule has 1 aromatic carbocycles. The molecule has 2 aliphatic heterocycles. The summed E-state index contributed by atoms with van der Waals surface area (Å²) in [5.74, 6) is 0.766. The SMILES string of the molecule is CSc1cc2c(c(C(C)(C)CC3(C(F)(F)F)CCC(C)(C)O3)c1)OCC2. The smallest absolute Gasteiger partial charge is 0.417 e. The van der Waals surface area contributed by atoms with E-state index in [1.165, 1.54) is 0 Å². The number of hydrogen-bond donors (Lipinski definition) is 0. The molecular weight excluding hydrogens is 361 g/mol. The van der Waals surface area contributed by atoms with E-state index in [-0.39, 0.29) is 12.8 Å². The van der Waals surface area contributed by atoms with Gasteiger partial charge in [-0.05, 0) is 62.5 Å². The van der Waals surface area contributed by atoms with Crippen LogP contribution in [0, 0.1) is 0 Å². The third-order valence-corrected chi connectivity index (χ3v) is 6.28. The molecule has 1 atom stereocenters. The first-order chi connectivity index (χ1) is 11.9. The molecule has 0 saturated carbocycles. The highest BCUT2D eigenvalue weighted by atomic mass is 32.2. The van der Waals surface area contributed by atoms with Gasteiger partial charge < -0.3 is 9.47 Å². The number of benzene rings is 1. The molecule has 2 heterocycles. The van der Waals surface area contributed by atoms with Crippen molar-refractivity contribution in [1.29, 1.82) is 0 Å². The summed E-state index contributed by atoms with van der Waals surface area (Å²) in [6.45, 7) is 7.81. The summed E-state index contributed by atoms with van der Waals surface area (Å²) in [6, 6.07) is 4.07. The van der Waals surface area contributed by atoms with Crippen LogP contribution in [0.1, 0.15) is 58.1 Å². The van der Waals surface area contributed by atoms with Crippen LogP contribution in [0.15, 0.2) is 17.0 Å². The Morgan fingerprint density at radius 3 is 2.38 bits per heavy atom. The second kappa shape index (κ2) is 6.33. The van der Waals surface area contributed by atoms with Crippen LogP contribution in [0.2, 0.25) is 0 Å². The van der Waals surface area contributed by atoms with Crippen molar-refractivity contribution in [1.82, 2.24) is 0 Å². The van der Waals surface area contributed by atoms with Crippen molar-refractivity contribution in [3.63, 3.8) is 0 Å². The van der Waals surface area contributed by atoms with Crippen molar-refractivity contribution in [3.05, 3.63) is 23.3 Å². The van der Waals surface area contributed by atoms with Gasteiger partial charge in [0.1, 0.15) is 5.75 Å². The van der Waals surface area contributed by atoms with Crippen LogP contribution < -0.4 is 4.74 Å². The van der Waals surface area contributed by atoms with E-state index in [1.807, 2.05) is 26.2 Å². The molecule has 0 amide bonds. The normalized spacial score (nSPS) is 25.2. The van der Waals surface area contributed by atoms with E-state index in [0.717, 1.165) is 28.2 Å². The predicted octanol–water partition coefficient (Wildman–Crippen LogP) is 5.90. The molecule has 0 N–H and O–H groups in total. The van der Waals surface area contributed by atoms with E-state index in [0.29, 0.717) is 13.0 Å². The van der Waals surface area contributed by atoms with Gasteiger partial charge in [0.25, 0.3) is 0 Å². The van der Waals surface area contributed by atoms with E-state index in [2.05, 4.69) is 6.07 Å². The molecule has 6 heteroatoms. The minimum atomic E-state index is -4.40. The molecule has 0 aromatic heterocycles. The fourth-order valence-electron chi connectivity index (χ4n) is 4.27. The topological polar surface area (TPSA) is 18.5 Å². The van der Waals surface area contributed by atoms with Crippen LogP contribution in [0.5, 0.6) is 5.75 Å². The van der Waals surface area contributed by atoms with Gasteiger partial charge in [-0.15, -0.1) is 11.8 Å². The molecule has 2 nitrogen and oxygen atoms in total. The Balaban J connectivity index is 2.02. The first kappa shape index (κ1) is 19.9. The van der Waals surface area contributed by atoms with Crippen molar-refractivity contribution in [3.8, 4) is 5.75 Å². The molecule has 1 saturated heterocycles. The molecule has 26 heavy (non-hydrogen) atoms. The van der Waals surface area contributed by atoms with Crippen molar-refractivity contribution >= 4 is 11.8 Å². The van der Waals surface area contributed by atoms with Gasteiger partial charge in [-0.3, -0.25) is 0 Å². The van der Waals surface area contributed by atoms with Crippen LogP contribution in [0.25, 0.3) is 0 Å². The quantitative estimate of drug-likeness (QED) is 0.598. The number of alkyl halides is 3. The van der Waals surface area contributed by atoms with Gasteiger partial charge in [0.2, 0.25) is 0 Å². The Morgan fingerprint density at radius 1 is 1.15 bits per heavy atom. The third kappa shape index (κ3) is 3.47. The van der Waals surface area contributed by atoms with Gasteiger partial charge in [-0.2, -0.15) is 13.2 Å².